The molecule has 0 heterocycles. The SMILES string of the molecule is NC(=O)NC(=O)COC(=O)c1ccc(NC2CC2)c([N+](=O)[O-])c1. The van der Waals surface area contributed by atoms with Crippen LogP contribution >= 0.6 is 0 Å². The number of nitrogens with two attached hydrogens (primary N) is 1. The Bertz CT molecular complexity index is 670. The number of anilines is 1. The molecule has 0 radical (unpaired) electrons. The van der Waals surface area contributed by atoms with Gasteiger partial charge in [-0.05, 0) is 25.0 Å². The molecule has 3 amide bonds. The zero-order chi connectivity index (χ0) is 17.0. The van der Waals surface area contributed by atoms with Crippen LogP contribution in [0.15, 0.2) is 18.2 Å². The van der Waals surface area contributed by atoms with Gasteiger partial charge in [0.1, 0.15) is 5.69 Å². The zero-order valence-corrected chi connectivity index (χ0v) is 11.9. The average Bonchev–Trinajstić information content (AvgIpc) is 3.28. The smallest absolute Gasteiger partial charge is 0.338 e. The molecule has 0 spiro atoms. The van der Waals surface area contributed by atoms with Gasteiger partial charge in [-0.1, -0.05) is 0 Å². The standard InChI is InChI=1S/C13H14N4O6/c14-13(20)16-11(18)6-23-12(19)7-1-4-9(15-8-2-3-8)10(5-7)17(21)22/h1,4-5,8,15H,2-3,6H2,(H3,14,16,18,20). The number of rotatable bonds is 6. The largest absolute Gasteiger partial charge is 0.452 e. The van der Waals surface area contributed by atoms with Crippen LogP contribution in [0.5, 0.6) is 0 Å². The lowest BCUT2D eigenvalue weighted by molar-refractivity contribution is -0.384. The van der Waals surface area contributed by atoms with Gasteiger partial charge in [-0.15, -0.1) is 0 Å². The summed E-state index contributed by atoms with van der Waals surface area (Å²) in [5.41, 5.74) is 4.72. The van der Waals surface area contributed by atoms with Crippen LogP contribution in [0.1, 0.15) is 23.2 Å². The summed E-state index contributed by atoms with van der Waals surface area (Å²) in [5, 5.41) is 15.8. The molecule has 4 N–H and O–H groups in total. The van der Waals surface area contributed by atoms with E-state index in [-0.39, 0.29) is 17.3 Å². The summed E-state index contributed by atoms with van der Waals surface area (Å²) in [6.45, 7) is -0.725. The van der Waals surface area contributed by atoms with Crippen LogP contribution in [0, 0.1) is 10.1 Å². The first-order valence-corrected chi connectivity index (χ1v) is 6.68. The summed E-state index contributed by atoms with van der Waals surface area (Å²) in [6, 6.07) is 2.97. The summed E-state index contributed by atoms with van der Waals surface area (Å²) in [6.07, 6.45) is 1.88. The molecule has 1 saturated carbocycles. The molecule has 0 unspecified atom stereocenters. The molecule has 0 atom stereocenters. The third kappa shape index (κ3) is 4.66. The van der Waals surface area contributed by atoms with Gasteiger partial charge >= 0.3 is 12.0 Å². The minimum Gasteiger partial charge on any atom is -0.452 e. The number of nitro benzene ring substituents is 1. The molecule has 1 aliphatic rings. The van der Waals surface area contributed by atoms with Gasteiger partial charge in [-0.3, -0.25) is 20.2 Å². The number of carbonyl (C=O) groups excluding carboxylic acids is 3. The molecule has 0 bridgehead atoms. The number of urea groups is 1. The number of esters is 1. The highest BCUT2D eigenvalue weighted by Gasteiger charge is 2.26. The van der Waals surface area contributed by atoms with Crippen LogP contribution in [-0.4, -0.2) is 35.5 Å². The van der Waals surface area contributed by atoms with Crippen molar-refractivity contribution >= 4 is 29.3 Å². The maximum atomic E-state index is 11.8. The van der Waals surface area contributed by atoms with Crippen LogP contribution < -0.4 is 16.4 Å². The van der Waals surface area contributed by atoms with E-state index in [1.54, 1.807) is 5.32 Å². The molecule has 10 nitrogen and oxygen atoms in total. The molecule has 0 aromatic heterocycles. The van der Waals surface area contributed by atoms with Gasteiger partial charge in [0.2, 0.25) is 0 Å². The Morgan fingerprint density at radius 2 is 2.04 bits per heavy atom. The number of ether oxygens (including phenoxy) is 1. The highest BCUT2D eigenvalue weighted by Crippen LogP contribution is 2.31. The summed E-state index contributed by atoms with van der Waals surface area (Å²) >= 11 is 0. The van der Waals surface area contributed by atoms with Gasteiger partial charge in [0.05, 0.1) is 10.5 Å². The number of nitrogens with one attached hydrogen (secondary N) is 2. The molecular weight excluding hydrogens is 308 g/mol. The molecule has 0 aliphatic heterocycles. The van der Waals surface area contributed by atoms with Crippen LogP contribution in [0.2, 0.25) is 0 Å². The Balaban J connectivity index is 2.04. The number of amides is 3. The second kappa shape index (κ2) is 6.73. The Kier molecular flexibility index (Phi) is 4.74. The number of nitrogens with zero attached hydrogens (tertiary/aromatic N) is 1. The first-order valence-electron chi connectivity index (χ1n) is 6.68. The predicted octanol–water partition coefficient (Wildman–Crippen LogP) is 0.521. The second-order valence-electron chi connectivity index (χ2n) is 4.90. The fourth-order valence-corrected chi connectivity index (χ4v) is 1.77. The lowest BCUT2D eigenvalue weighted by Crippen LogP contribution is -2.37. The lowest BCUT2D eigenvalue weighted by atomic mass is 10.1. The van der Waals surface area contributed by atoms with Gasteiger partial charge in [0.15, 0.2) is 6.61 Å². The maximum absolute atomic E-state index is 11.8. The topological polar surface area (TPSA) is 154 Å². The Hall–Kier alpha value is -3.17. The highest BCUT2D eigenvalue weighted by molar-refractivity contribution is 5.97. The fraction of sp³-hybridized carbons (Fsp3) is 0.308. The highest BCUT2D eigenvalue weighted by atomic mass is 16.6. The van der Waals surface area contributed by atoms with Crippen LogP contribution in [0.3, 0.4) is 0 Å². The number of carbonyl (C=O) groups is 3. The summed E-state index contributed by atoms with van der Waals surface area (Å²) < 4.78 is 4.66. The van der Waals surface area contributed by atoms with E-state index in [0.717, 1.165) is 18.9 Å². The number of primary amides is 1. The Morgan fingerprint density at radius 1 is 1.35 bits per heavy atom. The van der Waals surface area contributed by atoms with E-state index < -0.39 is 29.4 Å². The zero-order valence-electron chi connectivity index (χ0n) is 11.9. The van der Waals surface area contributed by atoms with Crippen LogP contribution in [0.4, 0.5) is 16.2 Å². The van der Waals surface area contributed by atoms with Crippen molar-refractivity contribution in [2.75, 3.05) is 11.9 Å². The van der Waals surface area contributed by atoms with Crippen molar-refractivity contribution in [3.8, 4) is 0 Å². The quantitative estimate of drug-likeness (QED) is 0.392. The summed E-state index contributed by atoms with van der Waals surface area (Å²) in [7, 11) is 0. The minimum atomic E-state index is -1.07. The van der Waals surface area contributed by atoms with Crippen molar-refractivity contribution in [1.29, 1.82) is 0 Å². The lowest BCUT2D eigenvalue weighted by Gasteiger charge is -2.08. The molecule has 1 aromatic carbocycles. The van der Waals surface area contributed by atoms with Crippen molar-refractivity contribution in [2.24, 2.45) is 5.73 Å². The Morgan fingerprint density at radius 3 is 2.61 bits per heavy atom. The van der Waals surface area contributed by atoms with Gasteiger partial charge in [0, 0.05) is 12.1 Å². The van der Waals surface area contributed by atoms with Gasteiger partial charge in [-0.2, -0.15) is 0 Å². The number of benzene rings is 1. The van der Waals surface area contributed by atoms with E-state index >= 15 is 0 Å². The third-order valence-corrected chi connectivity index (χ3v) is 2.96. The molecule has 122 valence electrons. The van der Waals surface area contributed by atoms with Crippen molar-refractivity contribution in [3.63, 3.8) is 0 Å². The number of nitro groups is 1. The third-order valence-electron chi connectivity index (χ3n) is 2.96. The van der Waals surface area contributed by atoms with Crippen molar-refractivity contribution < 1.29 is 24.0 Å². The molecule has 1 fully saturated rings. The summed E-state index contributed by atoms with van der Waals surface area (Å²) in [4.78, 5) is 43.8. The van der Waals surface area contributed by atoms with Gasteiger partial charge in [0.25, 0.3) is 11.6 Å². The fourth-order valence-electron chi connectivity index (χ4n) is 1.77. The van der Waals surface area contributed by atoms with Crippen molar-refractivity contribution in [1.82, 2.24) is 5.32 Å². The van der Waals surface area contributed by atoms with Crippen LogP contribution in [0.25, 0.3) is 0 Å². The maximum Gasteiger partial charge on any atom is 0.338 e. The van der Waals surface area contributed by atoms with E-state index in [1.807, 2.05) is 0 Å². The van der Waals surface area contributed by atoms with Crippen molar-refractivity contribution in [2.45, 2.75) is 18.9 Å². The number of hydrogen-bond donors (Lipinski definition) is 3. The molecule has 1 aromatic rings. The van der Waals surface area contributed by atoms with Gasteiger partial charge in [-0.25, -0.2) is 9.59 Å². The van der Waals surface area contributed by atoms with E-state index in [1.165, 1.54) is 12.1 Å². The van der Waals surface area contributed by atoms with E-state index in [4.69, 9.17) is 5.73 Å². The molecule has 23 heavy (non-hydrogen) atoms. The van der Waals surface area contributed by atoms with E-state index in [2.05, 4.69) is 10.1 Å². The monoisotopic (exact) mass is 322 g/mol. The molecule has 2 rings (SSSR count). The van der Waals surface area contributed by atoms with Gasteiger partial charge < -0.3 is 15.8 Å². The second-order valence-corrected chi connectivity index (χ2v) is 4.90. The first-order chi connectivity index (χ1) is 10.9. The molecule has 1 aliphatic carbocycles. The number of hydrogen-bond acceptors (Lipinski definition) is 7. The summed E-state index contributed by atoms with van der Waals surface area (Å²) in [5.74, 6) is -1.82. The Labute approximate surface area is 130 Å². The number of imide groups is 1. The normalized spacial score (nSPS) is 13.0. The minimum absolute atomic E-state index is 0.0788. The van der Waals surface area contributed by atoms with E-state index in [9.17, 15) is 24.5 Å². The molecule has 0 saturated heterocycles. The molecular formula is C13H14N4O6. The first kappa shape index (κ1) is 16.2. The molecule has 10 heteroatoms. The average molecular weight is 322 g/mol. The van der Waals surface area contributed by atoms with Crippen LogP contribution in [-0.2, 0) is 9.53 Å². The predicted molar refractivity (Wildman–Crippen MR) is 77.7 cm³/mol. The van der Waals surface area contributed by atoms with E-state index in [0.29, 0.717) is 5.69 Å². The van der Waals surface area contributed by atoms with Crippen molar-refractivity contribution in [3.05, 3.63) is 33.9 Å².